The molecule has 2 aromatic rings. The van der Waals surface area contributed by atoms with E-state index in [2.05, 4.69) is 5.32 Å². The van der Waals surface area contributed by atoms with E-state index in [1.807, 2.05) is 0 Å². The molecular weight excluding hydrogens is 283 g/mol. The minimum atomic E-state index is -0.328. The molecule has 0 radical (unpaired) electrons. The molecule has 0 aliphatic carbocycles. The van der Waals surface area contributed by atoms with E-state index in [-0.39, 0.29) is 24.2 Å². The summed E-state index contributed by atoms with van der Waals surface area (Å²) in [7, 11) is 1.72. The van der Waals surface area contributed by atoms with Gasteiger partial charge in [0.05, 0.1) is 6.42 Å². The topological polar surface area (TPSA) is 49.4 Å². The van der Waals surface area contributed by atoms with Crippen molar-refractivity contribution in [1.82, 2.24) is 5.32 Å². The second kappa shape index (κ2) is 5.60. The van der Waals surface area contributed by atoms with E-state index in [4.69, 9.17) is 0 Å². The van der Waals surface area contributed by atoms with Gasteiger partial charge in [0.15, 0.2) is 0 Å². The zero-order chi connectivity index (χ0) is 15.7. The molecule has 112 valence electrons. The molecule has 4 nitrogen and oxygen atoms in total. The van der Waals surface area contributed by atoms with Crippen molar-refractivity contribution >= 4 is 17.5 Å². The highest BCUT2D eigenvalue weighted by atomic mass is 19.1. The fraction of sp³-hybridized carbons (Fsp3) is 0.176. The molecule has 1 N–H and O–H groups in total. The van der Waals surface area contributed by atoms with E-state index in [0.29, 0.717) is 17.5 Å². The van der Waals surface area contributed by atoms with E-state index in [1.165, 1.54) is 12.1 Å². The van der Waals surface area contributed by atoms with Crippen molar-refractivity contribution < 1.29 is 14.0 Å². The number of likely N-dealkylation sites (N-methyl/N-ethyl adjacent to an activating group) is 1. The number of anilines is 1. The largest absolute Gasteiger partial charge is 0.348 e. The van der Waals surface area contributed by atoms with Crippen LogP contribution in [0.2, 0.25) is 0 Å². The predicted molar refractivity (Wildman–Crippen MR) is 81.1 cm³/mol. The highest BCUT2D eigenvalue weighted by Gasteiger charge is 2.24. The summed E-state index contributed by atoms with van der Waals surface area (Å²) in [4.78, 5) is 25.4. The van der Waals surface area contributed by atoms with Crippen LogP contribution in [-0.2, 0) is 17.8 Å². The van der Waals surface area contributed by atoms with Gasteiger partial charge in [-0.15, -0.1) is 0 Å². The first kappa shape index (κ1) is 14.3. The summed E-state index contributed by atoms with van der Waals surface area (Å²) in [6.45, 7) is 0.256. The summed E-state index contributed by atoms with van der Waals surface area (Å²) in [5.74, 6) is -0.549. The van der Waals surface area contributed by atoms with Crippen LogP contribution in [0.15, 0.2) is 42.5 Å². The van der Waals surface area contributed by atoms with E-state index < -0.39 is 0 Å². The minimum absolute atomic E-state index is 0.0207. The van der Waals surface area contributed by atoms with Crippen LogP contribution in [-0.4, -0.2) is 18.9 Å². The van der Waals surface area contributed by atoms with E-state index in [0.717, 1.165) is 11.3 Å². The monoisotopic (exact) mass is 298 g/mol. The van der Waals surface area contributed by atoms with Crippen molar-refractivity contribution in [2.75, 3.05) is 11.9 Å². The van der Waals surface area contributed by atoms with Crippen LogP contribution in [0.4, 0.5) is 10.1 Å². The van der Waals surface area contributed by atoms with Gasteiger partial charge in [-0.1, -0.05) is 12.1 Å². The molecule has 0 atom stereocenters. The number of benzene rings is 2. The Morgan fingerprint density at radius 1 is 1.27 bits per heavy atom. The fourth-order valence-corrected chi connectivity index (χ4v) is 2.54. The van der Waals surface area contributed by atoms with Crippen LogP contribution < -0.4 is 10.2 Å². The lowest BCUT2D eigenvalue weighted by Crippen LogP contribution is -2.23. The molecule has 1 heterocycles. The van der Waals surface area contributed by atoms with Crippen LogP contribution in [0.1, 0.15) is 21.5 Å². The van der Waals surface area contributed by atoms with Gasteiger partial charge in [0.2, 0.25) is 5.91 Å². The maximum absolute atomic E-state index is 13.1. The Bertz CT molecular complexity index is 758. The summed E-state index contributed by atoms with van der Waals surface area (Å²) in [5.41, 5.74) is 2.89. The summed E-state index contributed by atoms with van der Waals surface area (Å²) < 4.78 is 13.1. The molecule has 1 aliphatic heterocycles. The molecular formula is C17H15FN2O2. The molecule has 0 saturated heterocycles. The molecule has 3 rings (SSSR count). The lowest BCUT2D eigenvalue weighted by molar-refractivity contribution is -0.117. The first-order chi connectivity index (χ1) is 10.5. The van der Waals surface area contributed by atoms with Gasteiger partial charge < -0.3 is 10.2 Å². The summed E-state index contributed by atoms with van der Waals surface area (Å²) in [5, 5.41) is 2.75. The van der Waals surface area contributed by atoms with Gasteiger partial charge in [0.1, 0.15) is 5.82 Å². The Morgan fingerprint density at radius 2 is 2.09 bits per heavy atom. The number of hydrogen-bond donors (Lipinski definition) is 1. The fourth-order valence-electron chi connectivity index (χ4n) is 2.54. The normalized spacial score (nSPS) is 13.2. The molecule has 0 aromatic heterocycles. The van der Waals surface area contributed by atoms with Crippen LogP contribution in [0.3, 0.4) is 0 Å². The zero-order valence-electron chi connectivity index (χ0n) is 12.1. The maximum Gasteiger partial charge on any atom is 0.251 e. The molecule has 22 heavy (non-hydrogen) atoms. The SMILES string of the molecule is CN1C(=O)Cc2cc(C(=O)NCc3cccc(F)c3)ccc21. The minimum Gasteiger partial charge on any atom is -0.348 e. The standard InChI is InChI=1S/C17H15FN2O2/c1-20-15-6-5-12(8-13(15)9-16(20)21)17(22)19-10-11-3-2-4-14(18)7-11/h2-8H,9-10H2,1H3,(H,19,22). The third kappa shape index (κ3) is 2.70. The molecule has 5 heteroatoms. The highest BCUT2D eigenvalue weighted by molar-refractivity contribution is 6.03. The number of fused-ring (bicyclic) bond motifs is 1. The van der Waals surface area contributed by atoms with Crippen molar-refractivity contribution in [2.45, 2.75) is 13.0 Å². The maximum atomic E-state index is 13.1. The Kier molecular flexibility index (Phi) is 3.63. The first-order valence-electron chi connectivity index (χ1n) is 6.97. The number of nitrogens with zero attached hydrogens (tertiary/aromatic N) is 1. The number of amides is 2. The second-order valence-electron chi connectivity index (χ2n) is 5.29. The number of nitrogens with one attached hydrogen (secondary N) is 1. The van der Waals surface area contributed by atoms with Gasteiger partial charge >= 0.3 is 0 Å². The number of halogens is 1. The lowest BCUT2D eigenvalue weighted by Gasteiger charge is -2.11. The van der Waals surface area contributed by atoms with Gasteiger partial charge in [0.25, 0.3) is 5.91 Å². The Hall–Kier alpha value is -2.69. The van der Waals surface area contributed by atoms with Crippen LogP contribution >= 0.6 is 0 Å². The quantitative estimate of drug-likeness (QED) is 0.945. The van der Waals surface area contributed by atoms with Crippen molar-refractivity contribution in [2.24, 2.45) is 0 Å². The van der Waals surface area contributed by atoms with E-state index >= 15 is 0 Å². The summed E-state index contributed by atoms with van der Waals surface area (Å²) in [6.07, 6.45) is 0.316. The summed E-state index contributed by atoms with van der Waals surface area (Å²) in [6, 6.07) is 11.3. The van der Waals surface area contributed by atoms with Gasteiger partial charge in [0, 0.05) is 24.8 Å². The molecule has 0 saturated carbocycles. The number of rotatable bonds is 3. The number of hydrogen-bond acceptors (Lipinski definition) is 2. The summed E-state index contributed by atoms with van der Waals surface area (Å²) >= 11 is 0. The second-order valence-corrected chi connectivity index (χ2v) is 5.29. The van der Waals surface area contributed by atoms with Crippen molar-refractivity contribution in [3.8, 4) is 0 Å². The molecule has 2 aromatic carbocycles. The smallest absolute Gasteiger partial charge is 0.251 e. The van der Waals surface area contributed by atoms with Gasteiger partial charge in [-0.2, -0.15) is 0 Å². The average Bonchev–Trinajstić information content (AvgIpc) is 2.79. The van der Waals surface area contributed by atoms with Crippen LogP contribution in [0, 0.1) is 5.82 Å². The van der Waals surface area contributed by atoms with Gasteiger partial charge in [-0.25, -0.2) is 4.39 Å². The van der Waals surface area contributed by atoms with E-state index in [9.17, 15) is 14.0 Å². The number of carbonyl (C=O) groups excluding carboxylic acids is 2. The first-order valence-corrected chi connectivity index (χ1v) is 6.97. The molecule has 0 fully saturated rings. The van der Waals surface area contributed by atoms with Gasteiger partial charge in [-0.3, -0.25) is 9.59 Å². The average molecular weight is 298 g/mol. The zero-order valence-corrected chi connectivity index (χ0v) is 12.1. The third-order valence-corrected chi connectivity index (χ3v) is 3.76. The molecule has 1 aliphatic rings. The Labute approximate surface area is 127 Å². The Balaban J connectivity index is 1.71. The van der Waals surface area contributed by atoms with Gasteiger partial charge in [-0.05, 0) is 41.5 Å². The predicted octanol–water partition coefficient (Wildman–Crippen LogP) is 2.27. The van der Waals surface area contributed by atoms with Crippen molar-refractivity contribution in [1.29, 1.82) is 0 Å². The Morgan fingerprint density at radius 3 is 2.86 bits per heavy atom. The third-order valence-electron chi connectivity index (χ3n) is 3.76. The molecule has 0 unspecified atom stereocenters. The molecule has 0 bridgehead atoms. The van der Waals surface area contributed by atoms with Crippen molar-refractivity contribution in [3.05, 3.63) is 65.0 Å². The highest BCUT2D eigenvalue weighted by Crippen LogP contribution is 2.28. The van der Waals surface area contributed by atoms with E-state index in [1.54, 1.807) is 42.3 Å². The molecule has 0 spiro atoms. The van der Waals surface area contributed by atoms with Crippen LogP contribution in [0.25, 0.3) is 0 Å². The molecule has 2 amide bonds. The lowest BCUT2D eigenvalue weighted by atomic mass is 10.1. The van der Waals surface area contributed by atoms with Crippen molar-refractivity contribution in [3.63, 3.8) is 0 Å². The number of carbonyl (C=O) groups is 2. The van der Waals surface area contributed by atoms with Crippen LogP contribution in [0.5, 0.6) is 0 Å².